The van der Waals surface area contributed by atoms with Gasteiger partial charge >= 0.3 is 0 Å². The predicted octanol–water partition coefficient (Wildman–Crippen LogP) is 4.18. The van der Waals surface area contributed by atoms with Gasteiger partial charge in [0.15, 0.2) is 0 Å². The topological polar surface area (TPSA) is 45.5 Å². The summed E-state index contributed by atoms with van der Waals surface area (Å²) >= 11 is 7.15. The molecular formula is C17H17ClN2O2S. The molecule has 0 aliphatic rings. The molecule has 4 nitrogen and oxygen atoms in total. The first-order chi connectivity index (χ1) is 11.0. The average Bonchev–Trinajstić information content (AvgIpc) is 3.12. The van der Waals surface area contributed by atoms with Crippen molar-refractivity contribution in [3.63, 3.8) is 0 Å². The van der Waals surface area contributed by atoms with Crippen LogP contribution in [-0.4, -0.2) is 31.4 Å². The maximum atomic E-state index is 12.2. The van der Waals surface area contributed by atoms with Crippen LogP contribution in [0.2, 0.25) is 4.34 Å². The molecule has 3 aromatic rings. The number of hydrogen-bond acceptors (Lipinski definition) is 4. The highest BCUT2D eigenvalue weighted by Gasteiger charge is 2.20. The zero-order valence-corrected chi connectivity index (χ0v) is 14.4. The molecule has 1 amide bonds. The van der Waals surface area contributed by atoms with E-state index < -0.39 is 0 Å². The van der Waals surface area contributed by atoms with Gasteiger partial charge in [0.1, 0.15) is 11.3 Å². The highest BCUT2D eigenvalue weighted by atomic mass is 35.5. The third-order valence-electron chi connectivity index (χ3n) is 3.65. The van der Waals surface area contributed by atoms with E-state index >= 15 is 0 Å². The number of fused-ring (bicyclic) bond motifs is 1. The molecule has 0 aliphatic heterocycles. The summed E-state index contributed by atoms with van der Waals surface area (Å²) in [6, 6.07) is 13.3. The second kappa shape index (κ2) is 6.74. The van der Waals surface area contributed by atoms with Gasteiger partial charge in [-0.1, -0.05) is 29.8 Å². The molecular weight excluding hydrogens is 332 g/mol. The van der Waals surface area contributed by atoms with Gasteiger partial charge in [-0.25, -0.2) is 0 Å². The molecule has 120 valence electrons. The summed E-state index contributed by atoms with van der Waals surface area (Å²) in [6.07, 6.45) is 0. The fraction of sp³-hybridized carbons (Fsp3) is 0.235. The number of carbonyl (C=O) groups is 1. The van der Waals surface area contributed by atoms with Crippen molar-refractivity contribution in [2.24, 2.45) is 0 Å². The molecule has 6 heteroatoms. The van der Waals surface area contributed by atoms with Crippen LogP contribution in [0, 0.1) is 0 Å². The molecule has 0 fully saturated rings. The number of nitrogens with one attached hydrogen (secondary N) is 1. The molecule has 1 unspecified atom stereocenters. The lowest BCUT2D eigenvalue weighted by molar-refractivity contribution is 0.0943. The molecule has 2 aromatic heterocycles. The molecule has 0 saturated carbocycles. The monoisotopic (exact) mass is 348 g/mol. The third-order valence-corrected chi connectivity index (χ3v) is 4.88. The van der Waals surface area contributed by atoms with E-state index in [0.29, 0.717) is 15.8 Å². The van der Waals surface area contributed by atoms with Crippen molar-refractivity contribution in [3.05, 3.63) is 57.4 Å². The Morgan fingerprint density at radius 3 is 2.74 bits per heavy atom. The van der Waals surface area contributed by atoms with Crippen LogP contribution in [0.3, 0.4) is 0 Å². The van der Waals surface area contributed by atoms with Gasteiger partial charge in [0.05, 0.1) is 15.3 Å². The van der Waals surface area contributed by atoms with Crippen LogP contribution >= 0.6 is 22.9 Å². The number of benzene rings is 1. The van der Waals surface area contributed by atoms with Gasteiger partial charge in [-0.05, 0) is 38.4 Å². The second-order valence-electron chi connectivity index (χ2n) is 5.48. The summed E-state index contributed by atoms with van der Waals surface area (Å²) in [6.45, 7) is 0.459. The van der Waals surface area contributed by atoms with Gasteiger partial charge < -0.3 is 9.73 Å². The maximum Gasteiger partial charge on any atom is 0.261 e. The van der Waals surface area contributed by atoms with E-state index in [9.17, 15) is 4.79 Å². The molecule has 1 N–H and O–H groups in total. The lowest BCUT2D eigenvalue weighted by atomic mass is 10.2. The van der Waals surface area contributed by atoms with Gasteiger partial charge in [-0.3, -0.25) is 9.69 Å². The highest BCUT2D eigenvalue weighted by molar-refractivity contribution is 7.17. The van der Waals surface area contributed by atoms with E-state index in [1.54, 1.807) is 12.1 Å². The fourth-order valence-corrected chi connectivity index (χ4v) is 3.38. The Bertz CT molecular complexity index is 792. The molecule has 0 spiro atoms. The van der Waals surface area contributed by atoms with Crippen molar-refractivity contribution in [1.82, 2.24) is 10.2 Å². The Hall–Kier alpha value is -1.82. The molecule has 0 bridgehead atoms. The van der Waals surface area contributed by atoms with Crippen LogP contribution in [-0.2, 0) is 0 Å². The smallest absolute Gasteiger partial charge is 0.261 e. The first-order valence-electron chi connectivity index (χ1n) is 7.23. The van der Waals surface area contributed by atoms with E-state index in [1.807, 2.05) is 49.3 Å². The average molecular weight is 349 g/mol. The molecule has 1 aromatic carbocycles. The molecule has 0 radical (unpaired) electrons. The van der Waals surface area contributed by atoms with Crippen LogP contribution in [0.5, 0.6) is 0 Å². The quantitative estimate of drug-likeness (QED) is 0.752. The van der Waals surface area contributed by atoms with Gasteiger partial charge in [-0.2, -0.15) is 0 Å². The third kappa shape index (κ3) is 3.58. The molecule has 0 aliphatic carbocycles. The Kier molecular flexibility index (Phi) is 4.71. The molecule has 3 rings (SSSR count). The van der Waals surface area contributed by atoms with Gasteiger partial charge in [0, 0.05) is 11.9 Å². The zero-order valence-electron chi connectivity index (χ0n) is 12.9. The SMILES string of the molecule is CN(C)C(CNC(=O)c1ccc(Cl)s1)c1cc2ccccc2o1. The van der Waals surface area contributed by atoms with Crippen molar-refractivity contribution in [3.8, 4) is 0 Å². The first-order valence-corrected chi connectivity index (χ1v) is 8.42. The number of halogens is 1. The molecule has 1 atom stereocenters. The Morgan fingerprint density at radius 2 is 2.09 bits per heavy atom. The first kappa shape index (κ1) is 16.1. The molecule has 23 heavy (non-hydrogen) atoms. The van der Waals surface area contributed by atoms with Crippen LogP contribution in [0.25, 0.3) is 11.0 Å². The predicted molar refractivity (Wildman–Crippen MR) is 94.3 cm³/mol. The molecule has 2 heterocycles. The minimum atomic E-state index is -0.120. The number of likely N-dealkylation sites (N-methyl/N-ethyl adjacent to an activating group) is 1. The minimum absolute atomic E-state index is 0.0400. The van der Waals surface area contributed by atoms with Crippen LogP contribution in [0.4, 0.5) is 0 Å². The summed E-state index contributed by atoms with van der Waals surface area (Å²) in [5.41, 5.74) is 0.853. The highest BCUT2D eigenvalue weighted by Crippen LogP contribution is 2.26. The van der Waals surface area contributed by atoms with Crippen LogP contribution in [0.15, 0.2) is 46.9 Å². The number of furan rings is 1. The Morgan fingerprint density at radius 1 is 1.30 bits per heavy atom. The lowest BCUT2D eigenvalue weighted by Crippen LogP contribution is -2.34. The summed E-state index contributed by atoms with van der Waals surface area (Å²) in [7, 11) is 3.93. The second-order valence-corrected chi connectivity index (χ2v) is 7.19. The van der Waals surface area contributed by atoms with Crippen LogP contribution in [0.1, 0.15) is 21.5 Å². The number of amides is 1. The van der Waals surface area contributed by atoms with E-state index in [2.05, 4.69) is 5.32 Å². The summed E-state index contributed by atoms with van der Waals surface area (Å²) in [4.78, 5) is 14.8. The molecule has 0 saturated heterocycles. The van der Waals surface area contributed by atoms with Crippen molar-refractivity contribution in [1.29, 1.82) is 0 Å². The standard InChI is InChI=1S/C17H17ClN2O2S/c1-20(2)12(10-19-17(21)15-7-8-16(18)23-15)14-9-11-5-3-4-6-13(11)22-14/h3-9,12H,10H2,1-2H3,(H,19,21). The van der Waals surface area contributed by atoms with Crippen molar-refractivity contribution in [2.45, 2.75) is 6.04 Å². The van der Waals surface area contributed by atoms with Crippen molar-refractivity contribution < 1.29 is 9.21 Å². The van der Waals surface area contributed by atoms with Gasteiger partial charge in [0.2, 0.25) is 0 Å². The zero-order chi connectivity index (χ0) is 16.4. The minimum Gasteiger partial charge on any atom is -0.459 e. The van der Waals surface area contributed by atoms with Gasteiger partial charge in [0.25, 0.3) is 5.91 Å². The van der Waals surface area contributed by atoms with Crippen molar-refractivity contribution >= 4 is 39.8 Å². The van der Waals surface area contributed by atoms with E-state index in [1.165, 1.54) is 11.3 Å². The number of para-hydroxylation sites is 1. The number of hydrogen-bond donors (Lipinski definition) is 1. The van der Waals surface area contributed by atoms with Crippen LogP contribution < -0.4 is 5.32 Å². The maximum absolute atomic E-state index is 12.2. The fourth-order valence-electron chi connectivity index (χ4n) is 2.42. The Balaban J connectivity index is 1.75. The number of carbonyl (C=O) groups excluding carboxylic acids is 1. The van der Waals surface area contributed by atoms with Crippen molar-refractivity contribution in [2.75, 3.05) is 20.6 Å². The normalized spacial score (nSPS) is 12.7. The summed E-state index contributed by atoms with van der Waals surface area (Å²) in [5.74, 6) is 0.713. The lowest BCUT2D eigenvalue weighted by Gasteiger charge is -2.22. The largest absolute Gasteiger partial charge is 0.459 e. The van der Waals surface area contributed by atoms with E-state index in [4.69, 9.17) is 16.0 Å². The number of thiophene rings is 1. The number of rotatable bonds is 5. The Labute approximate surface area is 143 Å². The number of nitrogens with zero attached hydrogens (tertiary/aromatic N) is 1. The van der Waals surface area contributed by atoms with E-state index in [0.717, 1.165) is 16.7 Å². The van der Waals surface area contributed by atoms with Gasteiger partial charge in [-0.15, -0.1) is 11.3 Å². The van der Waals surface area contributed by atoms with E-state index in [-0.39, 0.29) is 11.9 Å². The summed E-state index contributed by atoms with van der Waals surface area (Å²) in [5, 5.41) is 4.01. The summed E-state index contributed by atoms with van der Waals surface area (Å²) < 4.78 is 6.53.